The van der Waals surface area contributed by atoms with Gasteiger partial charge in [0.2, 0.25) is 5.91 Å². The second-order valence-corrected chi connectivity index (χ2v) is 15.9. The largest absolute Gasteiger partial charge is 0.481 e. The summed E-state index contributed by atoms with van der Waals surface area (Å²) >= 11 is 0. The maximum Gasteiger partial charge on any atom is 0.417 e. The third kappa shape index (κ3) is 25.1. The number of esters is 2. The predicted molar refractivity (Wildman–Crippen MR) is 176 cm³/mol. The van der Waals surface area contributed by atoms with Crippen LogP contribution in [-0.2, 0) is 62.1 Å². The molecule has 2 heterocycles. The van der Waals surface area contributed by atoms with Crippen LogP contribution in [0.4, 0.5) is 9.59 Å². The van der Waals surface area contributed by atoms with Crippen molar-refractivity contribution in [2.75, 3.05) is 0 Å². The quantitative estimate of drug-likeness (QED) is 0.235. The van der Waals surface area contributed by atoms with Gasteiger partial charge in [0.05, 0.1) is 18.9 Å². The lowest BCUT2D eigenvalue weighted by Gasteiger charge is -2.41. The molecule has 2 atom stereocenters. The summed E-state index contributed by atoms with van der Waals surface area (Å²) in [5.41, 5.74) is -1.95. The van der Waals surface area contributed by atoms with Gasteiger partial charge in [0.25, 0.3) is 5.79 Å². The van der Waals surface area contributed by atoms with E-state index in [0.717, 1.165) is 4.90 Å². The number of ether oxygens (including phenoxy) is 4. The molecular weight excluding hydrogens is 692 g/mol. The summed E-state index contributed by atoms with van der Waals surface area (Å²) < 4.78 is 19.7. The number of cyclic esters (lactones) is 2. The van der Waals surface area contributed by atoms with E-state index in [9.17, 15) is 33.6 Å². The van der Waals surface area contributed by atoms with E-state index < -0.39 is 65.1 Å². The van der Waals surface area contributed by atoms with E-state index >= 15 is 0 Å². The Kier molecular flexibility index (Phi) is 21.2. The van der Waals surface area contributed by atoms with E-state index in [1.807, 2.05) is 41.5 Å². The van der Waals surface area contributed by atoms with Crippen molar-refractivity contribution in [2.45, 2.75) is 152 Å². The zero-order valence-electron chi connectivity index (χ0n) is 32.5. The molecule has 2 fully saturated rings. The van der Waals surface area contributed by atoms with Gasteiger partial charge in [0.1, 0.15) is 23.4 Å². The molecule has 18 nitrogen and oxygen atoms in total. The number of likely N-dealkylation sites (tertiary alicyclic amines) is 1. The van der Waals surface area contributed by atoms with Crippen LogP contribution in [0.15, 0.2) is 0 Å². The van der Waals surface area contributed by atoms with Gasteiger partial charge in [-0.25, -0.2) is 14.5 Å². The molecule has 52 heavy (non-hydrogen) atoms. The molecule has 3 amide bonds. The first-order valence-electron chi connectivity index (χ1n) is 15.9. The summed E-state index contributed by atoms with van der Waals surface area (Å²) in [4.78, 5) is 113. The second kappa shape index (κ2) is 21.4. The predicted octanol–water partition coefficient (Wildman–Crippen LogP) is 3.97. The number of carboxylic acid groups (broad SMARTS) is 1. The number of hydrogen-bond acceptors (Lipinski definition) is 15. The van der Waals surface area contributed by atoms with Gasteiger partial charge < -0.3 is 29.4 Å². The molecule has 0 unspecified atom stereocenters. The summed E-state index contributed by atoms with van der Waals surface area (Å²) in [7, 11) is 0. The molecule has 2 saturated heterocycles. The van der Waals surface area contributed by atoms with E-state index in [4.69, 9.17) is 33.8 Å². The second-order valence-electron chi connectivity index (χ2n) is 15.9. The fourth-order valence-corrected chi connectivity index (χ4v) is 4.00. The number of imide groups is 1. The van der Waals surface area contributed by atoms with Gasteiger partial charge in [-0.1, -0.05) is 41.5 Å². The van der Waals surface area contributed by atoms with Gasteiger partial charge in [-0.2, -0.15) is 19.2 Å². The number of Topliss-reactive ketones (excluding diaryl/α,β-unsaturated/α-hetero) is 1. The Balaban J connectivity index is -0.000000663. The van der Waals surface area contributed by atoms with Crippen LogP contribution in [0.5, 0.6) is 0 Å². The number of hydrogen-bond donors (Lipinski definition) is 2. The van der Waals surface area contributed by atoms with E-state index in [1.54, 1.807) is 41.5 Å². The summed E-state index contributed by atoms with van der Waals surface area (Å²) in [6, 6.07) is -0.911. The molecular formula is C34H54N2O16. The van der Waals surface area contributed by atoms with Gasteiger partial charge in [-0.15, -0.1) is 0 Å². The van der Waals surface area contributed by atoms with E-state index in [2.05, 4.69) is 14.8 Å². The smallest absolute Gasteiger partial charge is 0.417 e. The molecule has 0 aromatic carbocycles. The van der Waals surface area contributed by atoms with Crippen LogP contribution in [0.25, 0.3) is 0 Å². The van der Waals surface area contributed by atoms with Crippen molar-refractivity contribution in [1.82, 2.24) is 10.2 Å². The van der Waals surface area contributed by atoms with Gasteiger partial charge in [-0.3, -0.25) is 24.0 Å². The van der Waals surface area contributed by atoms with Crippen molar-refractivity contribution in [3.05, 3.63) is 0 Å². The number of nitrogens with one attached hydrogen (secondary N) is 1. The number of piperidine rings is 1. The normalized spacial score (nSPS) is 17.3. The van der Waals surface area contributed by atoms with Crippen LogP contribution in [0, 0.1) is 10.8 Å². The van der Waals surface area contributed by atoms with Crippen LogP contribution in [-0.4, -0.2) is 93.2 Å². The number of nitrogens with zero attached hydrogens (tertiary/aromatic N) is 1. The SMILES string of the molecule is CC(C)(C)OC(=O)N1C(=O)CC(=O)C[C@@H]1C(C)(C)C.CC(C)(C)OC(=O)N[C@H](CC(=O)O)C(C)(C)C.CC1(C)OC(=O)CC(=O)O1.O=C=O.O=C=O. The number of carbonyl (C=O) groups excluding carboxylic acids is 10. The lowest BCUT2D eigenvalue weighted by Crippen LogP contribution is -2.56. The molecule has 2 rings (SSSR count). The van der Waals surface area contributed by atoms with Gasteiger partial charge in [-0.05, 0) is 52.4 Å². The Bertz CT molecular complexity index is 1300. The Labute approximate surface area is 303 Å². The zero-order chi connectivity index (χ0) is 42.1. The molecule has 0 spiro atoms. The monoisotopic (exact) mass is 746 g/mol. The Morgan fingerprint density at radius 2 is 1.21 bits per heavy atom. The highest BCUT2D eigenvalue weighted by Crippen LogP contribution is 2.32. The fraction of sp³-hybridized carbons (Fsp3) is 0.735. The minimum atomic E-state index is -1.08. The first-order valence-corrected chi connectivity index (χ1v) is 15.9. The van der Waals surface area contributed by atoms with Crippen LogP contribution in [0.3, 0.4) is 0 Å². The number of ketones is 1. The minimum absolute atomic E-state index is 0.121. The standard InChI is InChI=1S/C14H23NO4.C12H23NO4.C6H8O4.2CO2/c1-13(2,3)10-7-9(16)8-11(17)15(10)12(18)19-14(4,5)6;1-11(2,3)8(7-9(14)15)13-10(16)17-12(4,5)6;1-6(2)9-4(7)3-5(8)10-6;2*2-1-3/h10H,7-8H2,1-6H3;8H,7H2,1-6H3,(H,13,16)(H,14,15);3H2,1-2H3;;/t10-;8-;;;/m11.../s1. The third-order valence-corrected chi connectivity index (χ3v) is 6.06. The number of rotatable bonds is 3. The summed E-state index contributed by atoms with van der Waals surface area (Å²) in [6.45, 7) is 24.9. The fourth-order valence-electron chi connectivity index (χ4n) is 4.00. The number of carbonyl (C=O) groups is 7. The first kappa shape index (κ1) is 51.4. The molecule has 0 aliphatic carbocycles. The van der Waals surface area contributed by atoms with Crippen molar-refractivity contribution in [1.29, 1.82) is 0 Å². The maximum absolute atomic E-state index is 12.2. The van der Waals surface area contributed by atoms with Crippen LogP contribution >= 0.6 is 0 Å². The zero-order valence-corrected chi connectivity index (χ0v) is 32.5. The highest BCUT2D eigenvalue weighted by atomic mass is 16.7. The van der Waals surface area contributed by atoms with E-state index in [1.165, 1.54) is 13.8 Å². The third-order valence-electron chi connectivity index (χ3n) is 6.06. The van der Waals surface area contributed by atoms with Crippen molar-refractivity contribution in [2.24, 2.45) is 10.8 Å². The van der Waals surface area contributed by atoms with Crippen LogP contribution < -0.4 is 5.32 Å². The number of carboxylic acids is 1. The molecule has 0 aromatic heterocycles. The lowest BCUT2D eigenvalue weighted by atomic mass is 9.80. The summed E-state index contributed by atoms with van der Waals surface area (Å²) in [6.07, 6.45) is -1.16. The average molecular weight is 747 g/mol. The van der Waals surface area contributed by atoms with Crippen molar-refractivity contribution in [3.63, 3.8) is 0 Å². The Morgan fingerprint density at radius 1 is 0.808 bits per heavy atom. The molecule has 2 N–H and O–H groups in total. The molecule has 2 aliphatic rings. The first-order chi connectivity index (χ1) is 23.2. The molecule has 0 bridgehead atoms. The van der Waals surface area contributed by atoms with E-state index in [-0.39, 0.29) is 54.6 Å². The molecule has 0 radical (unpaired) electrons. The lowest BCUT2D eigenvalue weighted by molar-refractivity contribution is -0.231. The molecule has 0 saturated carbocycles. The molecule has 0 aromatic rings. The maximum atomic E-state index is 12.2. The van der Waals surface area contributed by atoms with Crippen molar-refractivity contribution in [3.8, 4) is 0 Å². The van der Waals surface area contributed by atoms with Crippen molar-refractivity contribution < 1.29 is 76.8 Å². The number of aliphatic carboxylic acids is 1. The topological polar surface area (TPSA) is 260 Å². The van der Waals surface area contributed by atoms with Gasteiger partial charge in [0.15, 0.2) is 0 Å². The van der Waals surface area contributed by atoms with Crippen LogP contribution in [0.1, 0.15) is 123 Å². The number of alkyl carbamates (subject to hydrolysis) is 1. The summed E-state index contributed by atoms with van der Waals surface area (Å²) in [5, 5.41) is 11.4. The van der Waals surface area contributed by atoms with Gasteiger partial charge >= 0.3 is 42.4 Å². The van der Waals surface area contributed by atoms with Crippen LogP contribution in [0.2, 0.25) is 0 Å². The molecule has 2 aliphatic heterocycles. The Morgan fingerprint density at radius 3 is 1.52 bits per heavy atom. The highest BCUT2D eigenvalue weighted by Gasteiger charge is 2.44. The summed E-state index contributed by atoms with van der Waals surface area (Å²) in [5.74, 6) is -3.66. The Hall–Kier alpha value is -4.95. The van der Waals surface area contributed by atoms with E-state index in [0.29, 0.717) is 0 Å². The molecule has 18 heteroatoms. The minimum Gasteiger partial charge on any atom is -0.481 e. The molecule has 296 valence electrons. The highest BCUT2D eigenvalue weighted by molar-refractivity contribution is 6.06. The number of amides is 3. The average Bonchev–Trinajstić information content (AvgIpc) is 2.84. The van der Waals surface area contributed by atoms with Gasteiger partial charge in [0, 0.05) is 26.3 Å². The van der Waals surface area contributed by atoms with Crippen molar-refractivity contribution >= 4 is 54.1 Å².